The van der Waals surface area contributed by atoms with Crippen LogP contribution in [0.2, 0.25) is 0 Å². The largest absolute Gasteiger partial charge is 0.478 e. The van der Waals surface area contributed by atoms with Gasteiger partial charge in [-0.2, -0.15) is 0 Å². The number of fused-ring (bicyclic) bond motifs is 1. The lowest BCUT2D eigenvalue weighted by molar-refractivity contribution is -0.0726. The minimum absolute atomic E-state index is 0.126. The summed E-state index contributed by atoms with van der Waals surface area (Å²) in [5.41, 5.74) is 1.40. The van der Waals surface area contributed by atoms with Crippen LogP contribution in [0.15, 0.2) is 24.5 Å². The van der Waals surface area contributed by atoms with Gasteiger partial charge in [0.05, 0.1) is 40.2 Å². The van der Waals surface area contributed by atoms with Gasteiger partial charge in [0, 0.05) is 0 Å². The van der Waals surface area contributed by atoms with Gasteiger partial charge in [0.25, 0.3) is 0 Å². The van der Waals surface area contributed by atoms with Crippen LogP contribution in [0, 0.1) is 0 Å². The van der Waals surface area contributed by atoms with Crippen molar-refractivity contribution in [3.63, 3.8) is 0 Å². The van der Waals surface area contributed by atoms with Crippen LogP contribution < -0.4 is 0 Å². The van der Waals surface area contributed by atoms with Crippen LogP contribution in [-0.2, 0) is 4.74 Å². The third kappa shape index (κ3) is 2.31. The molecule has 5 heteroatoms. The molecule has 1 aromatic carbocycles. The Labute approximate surface area is 123 Å². The maximum Gasteiger partial charge on any atom is 0.335 e. The zero-order valence-electron chi connectivity index (χ0n) is 12.8. The summed E-state index contributed by atoms with van der Waals surface area (Å²) in [7, 11) is 0. The highest BCUT2D eigenvalue weighted by Gasteiger charge is 2.47. The number of carboxylic acids is 1. The monoisotopic (exact) mass is 288 g/mol. The van der Waals surface area contributed by atoms with Gasteiger partial charge in [0.1, 0.15) is 0 Å². The lowest BCUT2D eigenvalue weighted by atomic mass is 9.94. The minimum atomic E-state index is -0.924. The predicted molar refractivity (Wildman–Crippen MR) is 79.6 cm³/mol. The van der Waals surface area contributed by atoms with E-state index in [4.69, 9.17) is 9.84 Å². The predicted octanol–water partition coefficient (Wildman–Crippen LogP) is 3.25. The van der Waals surface area contributed by atoms with Crippen LogP contribution in [-0.4, -0.2) is 31.8 Å². The van der Waals surface area contributed by atoms with E-state index < -0.39 is 5.97 Å². The summed E-state index contributed by atoms with van der Waals surface area (Å²) in [5, 5.41) is 9.17. The Bertz CT molecular complexity index is 715. The fraction of sp³-hybridized carbons (Fsp3) is 0.500. The van der Waals surface area contributed by atoms with E-state index in [1.54, 1.807) is 24.5 Å². The molecule has 1 aliphatic heterocycles. The number of imidazole rings is 1. The quantitative estimate of drug-likeness (QED) is 0.921. The van der Waals surface area contributed by atoms with Gasteiger partial charge in [-0.05, 0) is 52.3 Å². The van der Waals surface area contributed by atoms with Crippen LogP contribution in [0.25, 0.3) is 11.0 Å². The van der Waals surface area contributed by atoms with Crippen LogP contribution in [0.3, 0.4) is 0 Å². The van der Waals surface area contributed by atoms with Crippen molar-refractivity contribution >= 4 is 17.0 Å². The van der Waals surface area contributed by atoms with Crippen LogP contribution >= 0.6 is 0 Å². The summed E-state index contributed by atoms with van der Waals surface area (Å²) < 4.78 is 8.19. The molecule has 1 aliphatic rings. The lowest BCUT2D eigenvalue weighted by Gasteiger charge is -2.28. The standard InChI is InChI=1S/C16H20N2O3/c1-15(2)8-13(16(3,4)21-15)18-9-17-11-6-5-10(14(19)20)7-12(11)18/h5-7,9,13H,8H2,1-4H3,(H,19,20). The Balaban J connectivity index is 2.12. The third-order valence-corrected chi connectivity index (χ3v) is 4.18. The van der Waals surface area contributed by atoms with Gasteiger partial charge in [0.2, 0.25) is 0 Å². The molecule has 21 heavy (non-hydrogen) atoms. The molecule has 0 radical (unpaired) electrons. The topological polar surface area (TPSA) is 64.4 Å². The molecule has 1 fully saturated rings. The number of ether oxygens (including phenoxy) is 1. The van der Waals surface area contributed by atoms with Crippen molar-refractivity contribution in [2.45, 2.75) is 51.4 Å². The van der Waals surface area contributed by atoms with E-state index in [0.717, 1.165) is 17.5 Å². The van der Waals surface area contributed by atoms with E-state index >= 15 is 0 Å². The molecular formula is C16H20N2O3. The maximum absolute atomic E-state index is 11.2. The van der Waals surface area contributed by atoms with Gasteiger partial charge in [-0.1, -0.05) is 0 Å². The van der Waals surface area contributed by atoms with Crippen molar-refractivity contribution in [2.75, 3.05) is 0 Å². The molecule has 1 unspecified atom stereocenters. The molecule has 2 heterocycles. The highest BCUT2D eigenvalue weighted by Crippen LogP contribution is 2.45. The molecule has 0 amide bonds. The number of carbonyl (C=O) groups is 1. The lowest BCUT2D eigenvalue weighted by Crippen LogP contribution is -2.30. The molecule has 3 rings (SSSR count). The van der Waals surface area contributed by atoms with Crippen molar-refractivity contribution in [3.05, 3.63) is 30.1 Å². The normalized spacial score (nSPS) is 23.5. The molecule has 1 N–H and O–H groups in total. The molecule has 0 spiro atoms. The van der Waals surface area contributed by atoms with E-state index in [2.05, 4.69) is 37.2 Å². The van der Waals surface area contributed by atoms with Crippen molar-refractivity contribution in [2.24, 2.45) is 0 Å². The molecule has 2 aromatic rings. The number of aromatic carboxylic acids is 1. The van der Waals surface area contributed by atoms with Gasteiger partial charge in [0.15, 0.2) is 0 Å². The summed E-state index contributed by atoms with van der Waals surface area (Å²) in [6.07, 6.45) is 2.65. The van der Waals surface area contributed by atoms with Crippen molar-refractivity contribution in [3.8, 4) is 0 Å². The summed E-state index contributed by atoms with van der Waals surface area (Å²) in [6, 6.07) is 5.15. The molecule has 1 saturated heterocycles. The first-order valence-corrected chi connectivity index (χ1v) is 7.10. The molecule has 1 atom stereocenters. The first kappa shape index (κ1) is 14.1. The van der Waals surface area contributed by atoms with Crippen molar-refractivity contribution in [1.29, 1.82) is 0 Å². The summed E-state index contributed by atoms with van der Waals surface area (Å²) >= 11 is 0. The molecule has 112 valence electrons. The third-order valence-electron chi connectivity index (χ3n) is 4.18. The van der Waals surface area contributed by atoms with E-state index in [1.807, 2.05) is 0 Å². The SMILES string of the molecule is CC1(C)CC(n2cnc3ccc(C(=O)O)cc32)C(C)(C)O1. The van der Waals surface area contributed by atoms with Crippen molar-refractivity contribution < 1.29 is 14.6 Å². The van der Waals surface area contributed by atoms with E-state index in [1.165, 1.54) is 0 Å². The smallest absolute Gasteiger partial charge is 0.335 e. The number of hydrogen-bond donors (Lipinski definition) is 1. The molecule has 0 saturated carbocycles. The number of benzene rings is 1. The maximum atomic E-state index is 11.2. The average Bonchev–Trinajstić information content (AvgIpc) is 2.85. The van der Waals surface area contributed by atoms with E-state index in [9.17, 15) is 4.79 Å². The fourth-order valence-corrected chi connectivity index (χ4v) is 3.37. The summed E-state index contributed by atoms with van der Waals surface area (Å²) in [6.45, 7) is 8.30. The summed E-state index contributed by atoms with van der Waals surface area (Å²) in [5.74, 6) is -0.924. The van der Waals surface area contributed by atoms with Gasteiger partial charge in [-0.25, -0.2) is 9.78 Å². The number of aromatic nitrogens is 2. The minimum Gasteiger partial charge on any atom is -0.478 e. The fourth-order valence-electron chi connectivity index (χ4n) is 3.37. The van der Waals surface area contributed by atoms with Crippen LogP contribution in [0.4, 0.5) is 0 Å². The Hall–Kier alpha value is -1.88. The second-order valence-electron chi connectivity index (χ2n) is 6.85. The highest BCUT2D eigenvalue weighted by molar-refractivity contribution is 5.92. The van der Waals surface area contributed by atoms with E-state index in [-0.39, 0.29) is 22.8 Å². The van der Waals surface area contributed by atoms with Crippen molar-refractivity contribution in [1.82, 2.24) is 9.55 Å². The molecule has 5 nitrogen and oxygen atoms in total. The van der Waals surface area contributed by atoms with Gasteiger partial charge in [-0.15, -0.1) is 0 Å². The Morgan fingerprint density at radius 2 is 2.10 bits per heavy atom. The van der Waals surface area contributed by atoms with Gasteiger partial charge < -0.3 is 14.4 Å². The Morgan fingerprint density at radius 3 is 2.67 bits per heavy atom. The Morgan fingerprint density at radius 1 is 1.38 bits per heavy atom. The van der Waals surface area contributed by atoms with Gasteiger partial charge in [-0.3, -0.25) is 0 Å². The van der Waals surface area contributed by atoms with Crippen LogP contribution in [0.5, 0.6) is 0 Å². The second-order valence-corrected chi connectivity index (χ2v) is 6.85. The number of nitrogens with zero attached hydrogens (tertiary/aromatic N) is 2. The first-order chi connectivity index (χ1) is 9.70. The number of carboxylic acid groups (broad SMARTS) is 1. The Kier molecular flexibility index (Phi) is 2.89. The molecule has 0 bridgehead atoms. The van der Waals surface area contributed by atoms with Gasteiger partial charge >= 0.3 is 5.97 Å². The average molecular weight is 288 g/mol. The molecule has 0 aliphatic carbocycles. The zero-order chi connectivity index (χ0) is 15.4. The first-order valence-electron chi connectivity index (χ1n) is 7.10. The van der Waals surface area contributed by atoms with Crippen LogP contribution in [0.1, 0.15) is 50.5 Å². The second kappa shape index (κ2) is 4.31. The zero-order valence-corrected chi connectivity index (χ0v) is 12.8. The van der Waals surface area contributed by atoms with E-state index in [0.29, 0.717) is 0 Å². The summed E-state index contributed by atoms with van der Waals surface area (Å²) in [4.78, 5) is 15.6. The highest BCUT2D eigenvalue weighted by atomic mass is 16.5. The number of hydrogen-bond acceptors (Lipinski definition) is 3. The molecule has 1 aromatic heterocycles. The number of rotatable bonds is 2. The molecular weight excluding hydrogens is 268 g/mol.